The number of hydrogen-bond acceptors (Lipinski definition) is 3. The van der Waals surface area contributed by atoms with Crippen molar-refractivity contribution in [2.45, 2.75) is 40.0 Å². The third-order valence-electron chi connectivity index (χ3n) is 4.43. The van der Waals surface area contributed by atoms with Crippen molar-refractivity contribution in [3.05, 3.63) is 29.8 Å². The summed E-state index contributed by atoms with van der Waals surface area (Å²) in [4.78, 5) is 16.3. The van der Waals surface area contributed by atoms with E-state index in [1.165, 1.54) is 5.56 Å². The number of amides is 1. The van der Waals surface area contributed by atoms with E-state index in [-0.39, 0.29) is 29.9 Å². The predicted molar refractivity (Wildman–Crippen MR) is 123 cm³/mol. The highest BCUT2D eigenvalue weighted by Gasteiger charge is 2.27. The molecule has 0 fully saturated rings. The van der Waals surface area contributed by atoms with Gasteiger partial charge in [-0.3, -0.25) is 9.79 Å². The van der Waals surface area contributed by atoms with Gasteiger partial charge in [-0.2, -0.15) is 0 Å². The van der Waals surface area contributed by atoms with Gasteiger partial charge in [-0.1, -0.05) is 19.1 Å². The molecule has 0 aliphatic carbocycles. The molecule has 0 saturated carbocycles. The molecule has 3 N–H and O–H groups in total. The Kier molecular flexibility index (Phi) is 12.1. The molecule has 0 heterocycles. The first kappa shape index (κ1) is 25.5. The van der Waals surface area contributed by atoms with Gasteiger partial charge in [-0.25, -0.2) is 0 Å². The standard InChI is InChI=1S/C20H34N4O2.HI/c1-7-22-18(25)20(3,4)14-24-19(21-5)23-13-12-15(2)16-8-10-17(26-6)11-9-16;/h8-11,15H,7,12-14H2,1-6H3,(H,22,25)(H2,21,23,24);1H. The van der Waals surface area contributed by atoms with Crippen LogP contribution >= 0.6 is 24.0 Å². The molecule has 0 bridgehead atoms. The Balaban J connectivity index is 0.00000676. The van der Waals surface area contributed by atoms with Crippen molar-refractivity contribution in [1.82, 2.24) is 16.0 Å². The molecule has 0 aromatic heterocycles. The lowest BCUT2D eigenvalue weighted by molar-refractivity contribution is -0.128. The van der Waals surface area contributed by atoms with Crippen molar-refractivity contribution in [1.29, 1.82) is 0 Å². The molecule has 27 heavy (non-hydrogen) atoms. The fourth-order valence-corrected chi connectivity index (χ4v) is 2.51. The molecule has 0 saturated heterocycles. The minimum Gasteiger partial charge on any atom is -0.497 e. The van der Waals surface area contributed by atoms with Gasteiger partial charge in [0.1, 0.15) is 5.75 Å². The highest BCUT2D eigenvalue weighted by atomic mass is 127. The molecule has 1 aromatic carbocycles. The van der Waals surface area contributed by atoms with Gasteiger partial charge in [0.05, 0.1) is 12.5 Å². The summed E-state index contributed by atoms with van der Waals surface area (Å²) < 4.78 is 5.20. The fraction of sp³-hybridized carbons (Fsp3) is 0.600. The van der Waals surface area contributed by atoms with Gasteiger partial charge < -0.3 is 20.7 Å². The van der Waals surface area contributed by atoms with E-state index in [0.29, 0.717) is 25.0 Å². The van der Waals surface area contributed by atoms with Crippen molar-refractivity contribution in [2.75, 3.05) is 33.8 Å². The molecule has 0 radical (unpaired) electrons. The summed E-state index contributed by atoms with van der Waals surface area (Å²) in [6, 6.07) is 8.18. The van der Waals surface area contributed by atoms with Crippen LogP contribution in [0.2, 0.25) is 0 Å². The van der Waals surface area contributed by atoms with Gasteiger partial charge >= 0.3 is 0 Å². The Labute approximate surface area is 181 Å². The van der Waals surface area contributed by atoms with Crippen LogP contribution in [-0.4, -0.2) is 45.7 Å². The minimum atomic E-state index is -0.496. The summed E-state index contributed by atoms with van der Waals surface area (Å²) in [7, 11) is 3.41. The molecule has 1 atom stereocenters. The Morgan fingerprint density at radius 2 is 1.81 bits per heavy atom. The van der Waals surface area contributed by atoms with Crippen molar-refractivity contribution < 1.29 is 9.53 Å². The monoisotopic (exact) mass is 490 g/mol. The summed E-state index contributed by atoms with van der Waals surface area (Å²) in [5.41, 5.74) is 0.789. The molecule has 7 heteroatoms. The second-order valence-corrected chi connectivity index (χ2v) is 7.06. The van der Waals surface area contributed by atoms with E-state index in [0.717, 1.165) is 18.7 Å². The molecular weight excluding hydrogens is 455 g/mol. The average Bonchev–Trinajstić information content (AvgIpc) is 2.64. The fourth-order valence-electron chi connectivity index (χ4n) is 2.51. The predicted octanol–water partition coefficient (Wildman–Crippen LogP) is 3.13. The third kappa shape index (κ3) is 8.81. The van der Waals surface area contributed by atoms with E-state index in [9.17, 15) is 4.79 Å². The number of aliphatic imine (C=N–C) groups is 1. The van der Waals surface area contributed by atoms with Crippen molar-refractivity contribution in [3.63, 3.8) is 0 Å². The van der Waals surface area contributed by atoms with E-state index >= 15 is 0 Å². The van der Waals surface area contributed by atoms with Crippen LogP contribution in [0.1, 0.15) is 45.6 Å². The van der Waals surface area contributed by atoms with Gasteiger partial charge in [0.15, 0.2) is 5.96 Å². The molecule has 1 amide bonds. The molecular formula is C20H35IN4O2. The van der Waals surface area contributed by atoms with Crippen molar-refractivity contribution in [3.8, 4) is 5.75 Å². The minimum absolute atomic E-state index is 0. The first-order valence-corrected chi connectivity index (χ1v) is 9.20. The van der Waals surface area contributed by atoms with Crippen LogP contribution in [-0.2, 0) is 4.79 Å². The van der Waals surface area contributed by atoms with E-state index in [4.69, 9.17) is 4.74 Å². The zero-order valence-corrected chi connectivity index (χ0v) is 19.7. The topological polar surface area (TPSA) is 74.8 Å². The summed E-state index contributed by atoms with van der Waals surface area (Å²) in [6.45, 7) is 9.93. The Morgan fingerprint density at radius 1 is 1.19 bits per heavy atom. The van der Waals surface area contributed by atoms with Gasteiger partial charge in [0.2, 0.25) is 5.91 Å². The lowest BCUT2D eigenvalue weighted by Crippen LogP contribution is -2.48. The number of ether oxygens (including phenoxy) is 1. The molecule has 1 rings (SSSR count). The maximum Gasteiger partial charge on any atom is 0.227 e. The summed E-state index contributed by atoms with van der Waals surface area (Å²) in [6.07, 6.45) is 0.979. The highest BCUT2D eigenvalue weighted by Crippen LogP contribution is 2.21. The second-order valence-electron chi connectivity index (χ2n) is 7.06. The zero-order chi connectivity index (χ0) is 19.6. The van der Waals surface area contributed by atoms with Crippen LogP contribution in [0.5, 0.6) is 5.75 Å². The molecule has 0 spiro atoms. The Hall–Kier alpha value is -1.51. The molecule has 0 aliphatic heterocycles. The number of guanidine groups is 1. The number of hydrogen-bond donors (Lipinski definition) is 3. The molecule has 154 valence electrons. The van der Waals surface area contributed by atoms with E-state index in [1.807, 2.05) is 32.9 Å². The lowest BCUT2D eigenvalue weighted by atomic mass is 9.92. The van der Waals surface area contributed by atoms with Crippen LogP contribution in [0.3, 0.4) is 0 Å². The second kappa shape index (κ2) is 12.8. The largest absolute Gasteiger partial charge is 0.497 e. The Morgan fingerprint density at radius 3 is 2.33 bits per heavy atom. The quantitative estimate of drug-likeness (QED) is 0.283. The molecule has 1 aromatic rings. The van der Waals surface area contributed by atoms with Crippen LogP contribution < -0.4 is 20.7 Å². The summed E-state index contributed by atoms with van der Waals surface area (Å²) in [5.74, 6) is 2.05. The zero-order valence-electron chi connectivity index (χ0n) is 17.4. The van der Waals surface area contributed by atoms with Crippen LogP contribution in [0, 0.1) is 5.41 Å². The molecule has 0 aliphatic rings. The van der Waals surface area contributed by atoms with Gasteiger partial charge in [0.25, 0.3) is 0 Å². The Bertz CT molecular complexity index is 588. The van der Waals surface area contributed by atoms with Crippen LogP contribution in [0.25, 0.3) is 0 Å². The highest BCUT2D eigenvalue weighted by molar-refractivity contribution is 14.0. The first-order valence-electron chi connectivity index (χ1n) is 9.20. The maximum atomic E-state index is 12.1. The van der Waals surface area contributed by atoms with Gasteiger partial charge in [-0.15, -0.1) is 24.0 Å². The van der Waals surface area contributed by atoms with Crippen molar-refractivity contribution in [2.24, 2.45) is 10.4 Å². The SMILES string of the molecule is CCNC(=O)C(C)(C)CNC(=NC)NCCC(C)c1ccc(OC)cc1.I. The number of benzene rings is 1. The van der Waals surface area contributed by atoms with E-state index < -0.39 is 5.41 Å². The van der Waals surface area contributed by atoms with E-state index in [2.05, 4.69) is 40.0 Å². The number of halogens is 1. The average molecular weight is 490 g/mol. The van der Waals surface area contributed by atoms with E-state index in [1.54, 1.807) is 14.2 Å². The number of nitrogens with zero attached hydrogens (tertiary/aromatic N) is 1. The van der Waals surface area contributed by atoms with Gasteiger partial charge in [-0.05, 0) is 50.8 Å². The number of carbonyl (C=O) groups excluding carboxylic acids is 1. The number of methoxy groups -OCH3 is 1. The maximum absolute atomic E-state index is 12.1. The third-order valence-corrected chi connectivity index (χ3v) is 4.43. The smallest absolute Gasteiger partial charge is 0.227 e. The summed E-state index contributed by atoms with van der Waals surface area (Å²) >= 11 is 0. The normalized spacial score (nSPS) is 12.6. The van der Waals surface area contributed by atoms with Crippen LogP contribution in [0.15, 0.2) is 29.3 Å². The van der Waals surface area contributed by atoms with Crippen LogP contribution in [0.4, 0.5) is 0 Å². The number of nitrogens with one attached hydrogen (secondary N) is 3. The molecule has 6 nitrogen and oxygen atoms in total. The lowest BCUT2D eigenvalue weighted by Gasteiger charge is -2.25. The first-order chi connectivity index (χ1) is 12.3. The van der Waals surface area contributed by atoms with Gasteiger partial charge in [0, 0.05) is 26.7 Å². The number of rotatable bonds is 9. The summed E-state index contributed by atoms with van der Waals surface area (Å²) in [5, 5.41) is 9.42. The number of carbonyl (C=O) groups is 1. The molecule has 1 unspecified atom stereocenters. The van der Waals surface area contributed by atoms with Crippen molar-refractivity contribution >= 4 is 35.8 Å².